The van der Waals surface area contributed by atoms with Crippen molar-refractivity contribution in [2.75, 3.05) is 0 Å². The van der Waals surface area contributed by atoms with Gasteiger partial charge < -0.3 is 5.11 Å². The Labute approximate surface area is 92.4 Å². The van der Waals surface area contributed by atoms with Crippen LogP contribution in [0.2, 0.25) is 0 Å². The van der Waals surface area contributed by atoms with Crippen LogP contribution in [0.15, 0.2) is 30.6 Å². The molecule has 16 heavy (non-hydrogen) atoms. The van der Waals surface area contributed by atoms with Gasteiger partial charge in [0.2, 0.25) is 0 Å². The number of para-hydroxylation sites is 1. The highest BCUT2D eigenvalue weighted by molar-refractivity contribution is 5.69. The SMILES string of the molecule is Cc1ccccc1-n1ncnc1CC(=O)O. The molecule has 0 amide bonds. The number of carboxylic acids is 1. The van der Waals surface area contributed by atoms with Gasteiger partial charge in [-0.2, -0.15) is 5.10 Å². The van der Waals surface area contributed by atoms with Crippen molar-refractivity contribution >= 4 is 5.97 Å². The summed E-state index contributed by atoms with van der Waals surface area (Å²) in [5.41, 5.74) is 1.89. The average molecular weight is 217 g/mol. The van der Waals surface area contributed by atoms with E-state index in [1.54, 1.807) is 4.68 Å². The normalized spacial score (nSPS) is 10.3. The van der Waals surface area contributed by atoms with Gasteiger partial charge in [-0.3, -0.25) is 4.79 Å². The van der Waals surface area contributed by atoms with E-state index in [1.165, 1.54) is 6.33 Å². The fraction of sp³-hybridized carbons (Fsp3) is 0.182. The van der Waals surface area contributed by atoms with Crippen molar-refractivity contribution in [3.8, 4) is 5.69 Å². The van der Waals surface area contributed by atoms with Gasteiger partial charge in [-0.25, -0.2) is 9.67 Å². The van der Waals surface area contributed by atoms with E-state index in [2.05, 4.69) is 10.1 Å². The largest absolute Gasteiger partial charge is 0.481 e. The molecule has 0 atom stereocenters. The Morgan fingerprint density at radius 2 is 2.19 bits per heavy atom. The van der Waals surface area contributed by atoms with E-state index < -0.39 is 5.97 Å². The fourth-order valence-corrected chi connectivity index (χ4v) is 1.52. The van der Waals surface area contributed by atoms with Crippen molar-refractivity contribution in [3.05, 3.63) is 42.0 Å². The molecule has 2 rings (SSSR count). The van der Waals surface area contributed by atoms with Gasteiger partial charge in [0.15, 0.2) is 0 Å². The summed E-state index contributed by atoms with van der Waals surface area (Å²) in [4.78, 5) is 14.6. The van der Waals surface area contributed by atoms with Crippen molar-refractivity contribution in [1.82, 2.24) is 14.8 Å². The Balaban J connectivity index is 2.45. The number of aryl methyl sites for hydroxylation is 1. The maximum atomic E-state index is 10.7. The molecule has 0 spiro atoms. The number of benzene rings is 1. The van der Waals surface area contributed by atoms with Crippen molar-refractivity contribution in [3.63, 3.8) is 0 Å². The standard InChI is InChI=1S/C11H11N3O2/c1-8-4-2-3-5-9(8)14-10(6-11(15)16)12-7-13-14/h2-5,7H,6H2,1H3,(H,15,16). The first-order valence-corrected chi connectivity index (χ1v) is 4.85. The molecule has 0 unspecified atom stereocenters. The number of hydrogen-bond donors (Lipinski definition) is 1. The molecule has 2 aromatic rings. The first-order valence-electron chi connectivity index (χ1n) is 4.85. The lowest BCUT2D eigenvalue weighted by Gasteiger charge is -2.07. The number of nitrogens with zero attached hydrogens (tertiary/aromatic N) is 3. The molecule has 0 fully saturated rings. The van der Waals surface area contributed by atoms with Gasteiger partial charge in [0.05, 0.1) is 5.69 Å². The van der Waals surface area contributed by atoms with Crippen molar-refractivity contribution in [1.29, 1.82) is 0 Å². The second-order valence-corrected chi connectivity index (χ2v) is 3.45. The highest BCUT2D eigenvalue weighted by Crippen LogP contribution is 2.13. The second-order valence-electron chi connectivity index (χ2n) is 3.45. The van der Waals surface area contributed by atoms with Crippen LogP contribution in [0.1, 0.15) is 11.4 Å². The molecule has 0 radical (unpaired) electrons. The maximum Gasteiger partial charge on any atom is 0.311 e. The number of carboxylic acid groups (broad SMARTS) is 1. The van der Waals surface area contributed by atoms with Gasteiger partial charge in [-0.15, -0.1) is 0 Å². The Morgan fingerprint density at radius 3 is 2.88 bits per heavy atom. The molecule has 1 heterocycles. The molecule has 1 aromatic carbocycles. The van der Waals surface area contributed by atoms with E-state index in [0.29, 0.717) is 5.82 Å². The van der Waals surface area contributed by atoms with E-state index >= 15 is 0 Å². The molecule has 0 saturated carbocycles. The van der Waals surface area contributed by atoms with Gasteiger partial charge >= 0.3 is 5.97 Å². The molecule has 1 aromatic heterocycles. The number of aromatic nitrogens is 3. The van der Waals surface area contributed by atoms with Crippen LogP contribution in [0.3, 0.4) is 0 Å². The summed E-state index contributed by atoms with van der Waals surface area (Å²) in [6.45, 7) is 1.95. The Morgan fingerprint density at radius 1 is 1.44 bits per heavy atom. The van der Waals surface area contributed by atoms with E-state index in [4.69, 9.17) is 5.11 Å². The second kappa shape index (κ2) is 4.14. The molecule has 0 aliphatic carbocycles. The summed E-state index contributed by atoms with van der Waals surface area (Å²) in [7, 11) is 0. The summed E-state index contributed by atoms with van der Waals surface area (Å²) >= 11 is 0. The summed E-state index contributed by atoms with van der Waals surface area (Å²) < 4.78 is 1.56. The molecule has 5 nitrogen and oxygen atoms in total. The average Bonchev–Trinajstić information content (AvgIpc) is 2.66. The van der Waals surface area contributed by atoms with Crippen LogP contribution < -0.4 is 0 Å². The maximum absolute atomic E-state index is 10.7. The molecule has 0 saturated heterocycles. The molecule has 0 aliphatic rings. The van der Waals surface area contributed by atoms with Crippen LogP contribution >= 0.6 is 0 Å². The Kier molecular flexibility index (Phi) is 2.68. The van der Waals surface area contributed by atoms with Gasteiger partial charge in [0.25, 0.3) is 0 Å². The van der Waals surface area contributed by atoms with Gasteiger partial charge in [-0.05, 0) is 18.6 Å². The topological polar surface area (TPSA) is 68.0 Å². The minimum atomic E-state index is -0.914. The first kappa shape index (κ1) is 10.4. The summed E-state index contributed by atoms with van der Waals surface area (Å²) in [6.07, 6.45) is 1.24. The number of rotatable bonds is 3. The first-order chi connectivity index (χ1) is 7.68. The summed E-state index contributed by atoms with van der Waals surface area (Å²) in [5, 5.41) is 12.8. The monoisotopic (exact) mass is 217 g/mol. The van der Waals surface area contributed by atoms with Crippen LogP contribution in [-0.4, -0.2) is 25.8 Å². The zero-order valence-electron chi connectivity index (χ0n) is 8.79. The molecule has 82 valence electrons. The highest BCUT2D eigenvalue weighted by atomic mass is 16.4. The number of aliphatic carboxylic acids is 1. The Hall–Kier alpha value is -2.17. The predicted molar refractivity (Wildman–Crippen MR) is 57.4 cm³/mol. The molecule has 1 N–H and O–H groups in total. The van der Waals surface area contributed by atoms with Crippen LogP contribution in [0, 0.1) is 6.92 Å². The minimum absolute atomic E-state index is 0.131. The lowest BCUT2D eigenvalue weighted by molar-refractivity contribution is -0.136. The third-order valence-corrected chi connectivity index (χ3v) is 2.27. The van der Waals surface area contributed by atoms with E-state index in [9.17, 15) is 4.79 Å². The fourth-order valence-electron chi connectivity index (χ4n) is 1.52. The third kappa shape index (κ3) is 1.93. The van der Waals surface area contributed by atoms with Crippen molar-refractivity contribution < 1.29 is 9.90 Å². The number of carbonyl (C=O) groups is 1. The summed E-state index contributed by atoms with van der Waals surface area (Å²) in [6, 6.07) is 7.64. The lowest BCUT2D eigenvalue weighted by Crippen LogP contribution is -2.09. The van der Waals surface area contributed by atoms with Crippen LogP contribution in [0.25, 0.3) is 5.69 Å². The number of hydrogen-bond acceptors (Lipinski definition) is 3. The minimum Gasteiger partial charge on any atom is -0.481 e. The smallest absolute Gasteiger partial charge is 0.311 e. The van der Waals surface area contributed by atoms with Gasteiger partial charge in [0.1, 0.15) is 18.6 Å². The van der Waals surface area contributed by atoms with E-state index in [-0.39, 0.29) is 6.42 Å². The lowest BCUT2D eigenvalue weighted by atomic mass is 10.2. The van der Waals surface area contributed by atoms with Crippen LogP contribution in [0.4, 0.5) is 0 Å². The van der Waals surface area contributed by atoms with Crippen LogP contribution in [-0.2, 0) is 11.2 Å². The molecule has 0 bridgehead atoms. The van der Waals surface area contributed by atoms with Crippen molar-refractivity contribution in [2.45, 2.75) is 13.3 Å². The van der Waals surface area contributed by atoms with Crippen LogP contribution in [0.5, 0.6) is 0 Å². The zero-order chi connectivity index (χ0) is 11.5. The quantitative estimate of drug-likeness (QED) is 0.838. The molecular weight excluding hydrogens is 206 g/mol. The van der Waals surface area contributed by atoms with E-state index in [0.717, 1.165) is 11.3 Å². The van der Waals surface area contributed by atoms with E-state index in [1.807, 2.05) is 31.2 Å². The molecule has 5 heteroatoms. The highest BCUT2D eigenvalue weighted by Gasteiger charge is 2.11. The summed E-state index contributed by atoms with van der Waals surface area (Å²) in [5.74, 6) is -0.482. The van der Waals surface area contributed by atoms with Gasteiger partial charge in [0, 0.05) is 0 Å². The molecular formula is C11H11N3O2. The van der Waals surface area contributed by atoms with Gasteiger partial charge in [-0.1, -0.05) is 18.2 Å². The zero-order valence-corrected chi connectivity index (χ0v) is 8.79. The Bertz CT molecular complexity index is 519. The molecule has 0 aliphatic heterocycles. The van der Waals surface area contributed by atoms with Crippen molar-refractivity contribution in [2.24, 2.45) is 0 Å². The predicted octanol–water partition coefficient (Wildman–Crippen LogP) is 1.20. The third-order valence-electron chi connectivity index (χ3n) is 2.27.